The molecule has 0 amide bonds. The molecule has 0 saturated heterocycles. The molecule has 2 aromatic heterocycles. The van der Waals surface area contributed by atoms with E-state index in [-0.39, 0.29) is 6.10 Å². The van der Waals surface area contributed by atoms with E-state index in [0.717, 1.165) is 40.0 Å². The average Bonchev–Trinajstić information content (AvgIpc) is 3.22. The summed E-state index contributed by atoms with van der Waals surface area (Å²) >= 11 is 0. The van der Waals surface area contributed by atoms with E-state index in [2.05, 4.69) is 16.9 Å². The van der Waals surface area contributed by atoms with Crippen molar-refractivity contribution in [2.45, 2.75) is 26.4 Å². The summed E-state index contributed by atoms with van der Waals surface area (Å²) in [5, 5.41) is 0.745. The van der Waals surface area contributed by atoms with Gasteiger partial charge in [0.05, 0.1) is 13.2 Å². The predicted molar refractivity (Wildman–Crippen MR) is 120 cm³/mol. The molecule has 0 saturated carbocycles. The van der Waals surface area contributed by atoms with Crippen molar-refractivity contribution in [1.29, 1.82) is 0 Å². The summed E-state index contributed by atoms with van der Waals surface area (Å²) in [6, 6.07) is 17.8. The van der Waals surface area contributed by atoms with E-state index < -0.39 is 0 Å². The molecule has 6 heteroatoms. The number of ether oxygens (including phenoxy) is 3. The summed E-state index contributed by atoms with van der Waals surface area (Å²) in [5.41, 5.74) is 3.30. The highest BCUT2D eigenvalue weighted by atomic mass is 16.5. The monoisotopic (exact) mass is 418 g/mol. The molecule has 1 unspecified atom stereocenters. The molecule has 6 nitrogen and oxygen atoms in total. The van der Waals surface area contributed by atoms with Gasteiger partial charge < -0.3 is 18.6 Å². The fraction of sp³-hybridized carbons (Fsp3) is 0.280. The number of methoxy groups -OCH3 is 1. The van der Waals surface area contributed by atoms with Gasteiger partial charge in [-0.25, -0.2) is 9.97 Å². The summed E-state index contributed by atoms with van der Waals surface area (Å²) in [6.07, 6.45) is 2.38. The van der Waals surface area contributed by atoms with Crippen molar-refractivity contribution in [2.24, 2.45) is 0 Å². The van der Waals surface area contributed by atoms with Gasteiger partial charge in [0.2, 0.25) is 11.6 Å². The lowest BCUT2D eigenvalue weighted by Crippen LogP contribution is -2.19. The van der Waals surface area contributed by atoms with Gasteiger partial charge >= 0.3 is 0 Å². The summed E-state index contributed by atoms with van der Waals surface area (Å²) in [5.74, 6) is 1.99. The highest BCUT2D eigenvalue weighted by Gasteiger charge is 2.23. The van der Waals surface area contributed by atoms with Gasteiger partial charge in [0.15, 0.2) is 0 Å². The second-order valence-electron chi connectivity index (χ2n) is 7.25. The van der Waals surface area contributed by atoms with E-state index in [1.807, 2.05) is 61.5 Å². The van der Waals surface area contributed by atoms with Gasteiger partial charge in [-0.3, -0.25) is 0 Å². The first-order valence-electron chi connectivity index (χ1n) is 10.4. The fourth-order valence-electron chi connectivity index (χ4n) is 3.41. The first-order chi connectivity index (χ1) is 15.2. The van der Waals surface area contributed by atoms with Crippen molar-refractivity contribution >= 4 is 11.1 Å². The van der Waals surface area contributed by atoms with Crippen LogP contribution >= 0.6 is 0 Å². The molecule has 4 aromatic rings. The van der Waals surface area contributed by atoms with Gasteiger partial charge in [0, 0.05) is 17.7 Å². The predicted octanol–water partition coefficient (Wildman–Crippen LogP) is 5.76. The van der Waals surface area contributed by atoms with Crippen molar-refractivity contribution in [1.82, 2.24) is 9.97 Å². The Kier molecular flexibility index (Phi) is 6.48. The summed E-state index contributed by atoms with van der Waals surface area (Å²) in [6.45, 7) is 5.16. The third kappa shape index (κ3) is 4.54. The first kappa shape index (κ1) is 20.9. The Bertz CT molecular complexity index is 1120. The lowest BCUT2D eigenvalue weighted by Gasteiger charge is -2.14. The molecule has 160 valence electrons. The molecule has 2 aromatic carbocycles. The first-order valence-corrected chi connectivity index (χ1v) is 10.4. The molecule has 0 N–H and O–H groups in total. The van der Waals surface area contributed by atoms with E-state index in [4.69, 9.17) is 18.6 Å². The summed E-state index contributed by atoms with van der Waals surface area (Å²) in [7, 11) is 1.65. The third-order valence-electron chi connectivity index (χ3n) is 4.93. The Morgan fingerprint density at radius 1 is 0.968 bits per heavy atom. The fourth-order valence-corrected chi connectivity index (χ4v) is 3.41. The molecule has 0 aliphatic rings. The Morgan fingerprint density at radius 3 is 2.45 bits per heavy atom. The molecule has 0 aliphatic heterocycles. The van der Waals surface area contributed by atoms with Crippen LogP contribution in [0.4, 0.5) is 0 Å². The molecule has 2 heterocycles. The van der Waals surface area contributed by atoms with Gasteiger partial charge in [-0.2, -0.15) is 0 Å². The van der Waals surface area contributed by atoms with Crippen LogP contribution in [0, 0.1) is 0 Å². The Hall–Kier alpha value is -3.38. The Balaban J connectivity index is 1.82. The van der Waals surface area contributed by atoms with Crippen LogP contribution in [0.1, 0.15) is 20.3 Å². The molecular formula is C25H26N2O4. The molecule has 0 radical (unpaired) electrons. The minimum atomic E-state index is -0.0464. The van der Waals surface area contributed by atoms with Crippen molar-refractivity contribution in [3.05, 3.63) is 60.9 Å². The van der Waals surface area contributed by atoms with Crippen LogP contribution in [0.5, 0.6) is 11.6 Å². The maximum Gasteiger partial charge on any atom is 0.234 e. The smallest absolute Gasteiger partial charge is 0.234 e. The zero-order valence-corrected chi connectivity index (χ0v) is 18.0. The standard InChI is InChI=1S/C25H26N2O4/c1-4-14-29-17(2)15-30-24-22-21(18-10-12-20(28-3)13-11-18)23(19-8-6-5-7-9-19)31-25(22)27-16-26-24/h5-13,16-17H,4,14-15H2,1-3H3. The van der Waals surface area contributed by atoms with Crippen LogP contribution in [0.15, 0.2) is 65.3 Å². The third-order valence-corrected chi connectivity index (χ3v) is 4.93. The van der Waals surface area contributed by atoms with Crippen molar-refractivity contribution in [3.8, 4) is 34.1 Å². The van der Waals surface area contributed by atoms with Crippen molar-refractivity contribution < 1.29 is 18.6 Å². The molecule has 0 aliphatic carbocycles. The minimum absolute atomic E-state index is 0.0464. The lowest BCUT2D eigenvalue weighted by molar-refractivity contribution is 0.0319. The van der Waals surface area contributed by atoms with Crippen LogP contribution in [0.25, 0.3) is 33.6 Å². The Labute approximate surface area is 181 Å². The molecule has 4 rings (SSSR count). The SMILES string of the molecule is CCCOC(C)COc1ncnc2oc(-c3ccccc3)c(-c3ccc(OC)cc3)c12. The largest absolute Gasteiger partial charge is 0.497 e. The van der Waals surface area contributed by atoms with Gasteiger partial charge in [0.1, 0.15) is 29.8 Å². The van der Waals surface area contributed by atoms with Crippen molar-refractivity contribution in [2.75, 3.05) is 20.3 Å². The maximum atomic E-state index is 6.21. The topological polar surface area (TPSA) is 66.6 Å². The van der Waals surface area contributed by atoms with E-state index in [9.17, 15) is 0 Å². The minimum Gasteiger partial charge on any atom is -0.497 e. The van der Waals surface area contributed by atoms with Crippen LogP contribution in [-0.4, -0.2) is 36.4 Å². The van der Waals surface area contributed by atoms with E-state index in [0.29, 0.717) is 24.8 Å². The quantitative estimate of drug-likeness (QED) is 0.344. The van der Waals surface area contributed by atoms with E-state index in [1.54, 1.807) is 7.11 Å². The highest BCUT2D eigenvalue weighted by molar-refractivity contribution is 6.03. The second-order valence-corrected chi connectivity index (χ2v) is 7.25. The average molecular weight is 418 g/mol. The van der Waals surface area contributed by atoms with Gasteiger partial charge in [-0.05, 0) is 31.0 Å². The zero-order chi connectivity index (χ0) is 21.6. The highest BCUT2D eigenvalue weighted by Crippen LogP contribution is 2.43. The molecule has 0 fully saturated rings. The van der Waals surface area contributed by atoms with Crippen LogP contribution in [0.2, 0.25) is 0 Å². The number of nitrogens with zero attached hydrogens (tertiary/aromatic N) is 2. The molecule has 0 spiro atoms. The normalized spacial score (nSPS) is 12.1. The van der Waals surface area contributed by atoms with Gasteiger partial charge in [-0.15, -0.1) is 0 Å². The molecular weight excluding hydrogens is 392 g/mol. The van der Waals surface area contributed by atoms with Gasteiger partial charge in [0.25, 0.3) is 0 Å². The summed E-state index contributed by atoms with van der Waals surface area (Å²) in [4.78, 5) is 8.78. The Morgan fingerprint density at radius 2 is 1.74 bits per heavy atom. The number of rotatable bonds is 9. The summed E-state index contributed by atoms with van der Waals surface area (Å²) < 4.78 is 23.3. The van der Waals surface area contributed by atoms with Crippen molar-refractivity contribution in [3.63, 3.8) is 0 Å². The lowest BCUT2D eigenvalue weighted by atomic mass is 9.99. The number of furan rings is 1. The molecule has 1 atom stereocenters. The zero-order valence-electron chi connectivity index (χ0n) is 18.0. The number of hydrogen-bond acceptors (Lipinski definition) is 6. The number of benzene rings is 2. The molecule has 0 bridgehead atoms. The van der Waals surface area contributed by atoms with E-state index >= 15 is 0 Å². The number of aromatic nitrogens is 2. The van der Waals surface area contributed by atoms with E-state index in [1.165, 1.54) is 6.33 Å². The molecule has 31 heavy (non-hydrogen) atoms. The van der Waals surface area contributed by atoms with Crippen LogP contribution in [-0.2, 0) is 4.74 Å². The maximum absolute atomic E-state index is 6.21. The number of fused-ring (bicyclic) bond motifs is 1. The van der Waals surface area contributed by atoms with Crippen LogP contribution < -0.4 is 9.47 Å². The number of hydrogen-bond donors (Lipinski definition) is 0. The van der Waals surface area contributed by atoms with Gasteiger partial charge in [-0.1, -0.05) is 49.4 Å². The van der Waals surface area contributed by atoms with Crippen LogP contribution in [0.3, 0.4) is 0 Å². The second kappa shape index (κ2) is 9.62.